The lowest BCUT2D eigenvalue weighted by Crippen LogP contribution is -1.92. The average Bonchev–Trinajstić information content (AvgIpc) is 2.42. The summed E-state index contributed by atoms with van der Waals surface area (Å²) in [6, 6.07) is 7.18. The van der Waals surface area contributed by atoms with Crippen LogP contribution in [-0.4, -0.2) is 16.1 Å². The van der Waals surface area contributed by atoms with Crippen LogP contribution >= 0.6 is 11.6 Å². The fourth-order valence-electron chi connectivity index (χ4n) is 1.43. The smallest absolute Gasteiger partial charge is 0.328 e. The molecule has 2 rings (SSSR count). The van der Waals surface area contributed by atoms with Gasteiger partial charge in [-0.2, -0.15) is 0 Å². The molecule has 1 aromatic carbocycles. The van der Waals surface area contributed by atoms with Crippen molar-refractivity contribution < 1.29 is 19.0 Å². The molecular formula is C14H9ClFNO3. The number of nitrogens with zero attached hydrogens (tertiary/aromatic N) is 1. The second kappa shape index (κ2) is 6.16. The van der Waals surface area contributed by atoms with Crippen molar-refractivity contribution in [3.8, 4) is 11.6 Å². The van der Waals surface area contributed by atoms with E-state index in [-0.39, 0.29) is 10.9 Å². The normalized spacial score (nSPS) is 10.7. The van der Waals surface area contributed by atoms with Gasteiger partial charge in [0.25, 0.3) is 0 Å². The molecule has 2 aromatic rings. The SMILES string of the molecule is O=C(O)/C=C/c1cccnc1Oc1ccc(F)c(Cl)c1. The number of hydrogen-bond acceptors (Lipinski definition) is 3. The van der Waals surface area contributed by atoms with E-state index in [0.717, 1.165) is 6.08 Å². The zero-order valence-corrected chi connectivity index (χ0v) is 10.8. The molecule has 0 aliphatic rings. The van der Waals surface area contributed by atoms with Crippen LogP contribution in [0.25, 0.3) is 6.08 Å². The summed E-state index contributed by atoms with van der Waals surface area (Å²) in [6.07, 6.45) is 3.83. The minimum Gasteiger partial charge on any atom is -0.478 e. The number of ether oxygens (including phenoxy) is 1. The highest BCUT2D eigenvalue weighted by Crippen LogP contribution is 2.27. The van der Waals surface area contributed by atoms with Crippen LogP contribution in [0.4, 0.5) is 4.39 Å². The second-order valence-corrected chi connectivity index (χ2v) is 4.15. The van der Waals surface area contributed by atoms with E-state index in [1.165, 1.54) is 30.5 Å². The number of pyridine rings is 1. The van der Waals surface area contributed by atoms with Crippen LogP contribution < -0.4 is 4.74 Å². The van der Waals surface area contributed by atoms with Gasteiger partial charge >= 0.3 is 5.97 Å². The van der Waals surface area contributed by atoms with Crippen LogP contribution in [-0.2, 0) is 4.79 Å². The van der Waals surface area contributed by atoms with E-state index in [1.807, 2.05) is 0 Å². The summed E-state index contributed by atoms with van der Waals surface area (Å²) in [5, 5.41) is 8.55. The number of carboxylic acid groups (broad SMARTS) is 1. The molecule has 0 atom stereocenters. The standard InChI is InChI=1S/C14H9ClFNO3/c15-11-8-10(4-5-12(11)16)20-14-9(2-1-7-17-14)3-6-13(18)19/h1-8H,(H,18,19)/b6-3+. The van der Waals surface area contributed by atoms with Crippen LogP contribution in [0.3, 0.4) is 0 Å². The van der Waals surface area contributed by atoms with Crippen LogP contribution in [0.15, 0.2) is 42.6 Å². The minimum absolute atomic E-state index is 0.0685. The van der Waals surface area contributed by atoms with Crippen molar-refractivity contribution in [3.05, 3.63) is 59.0 Å². The van der Waals surface area contributed by atoms with E-state index in [2.05, 4.69) is 4.98 Å². The van der Waals surface area contributed by atoms with E-state index >= 15 is 0 Å². The maximum Gasteiger partial charge on any atom is 0.328 e. The Hall–Kier alpha value is -2.40. The Kier molecular flexibility index (Phi) is 4.32. The number of carbonyl (C=O) groups is 1. The molecule has 0 aliphatic heterocycles. The van der Waals surface area contributed by atoms with Gasteiger partial charge in [-0.05, 0) is 30.3 Å². The average molecular weight is 294 g/mol. The largest absolute Gasteiger partial charge is 0.478 e. The Morgan fingerprint density at radius 3 is 2.90 bits per heavy atom. The Morgan fingerprint density at radius 2 is 2.20 bits per heavy atom. The fraction of sp³-hybridized carbons (Fsp3) is 0. The van der Waals surface area contributed by atoms with E-state index in [1.54, 1.807) is 12.1 Å². The molecule has 1 heterocycles. The minimum atomic E-state index is -1.08. The van der Waals surface area contributed by atoms with Crippen molar-refractivity contribution in [1.82, 2.24) is 4.98 Å². The number of aliphatic carboxylic acids is 1. The molecule has 0 saturated heterocycles. The summed E-state index contributed by atoms with van der Waals surface area (Å²) >= 11 is 5.66. The number of halogens is 2. The number of benzene rings is 1. The molecule has 20 heavy (non-hydrogen) atoms. The Labute approximate surface area is 119 Å². The van der Waals surface area contributed by atoms with Crippen LogP contribution in [0.5, 0.6) is 11.6 Å². The number of aromatic nitrogens is 1. The number of hydrogen-bond donors (Lipinski definition) is 1. The van der Waals surface area contributed by atoms with Gasteiger partial charge in [-0.3, -0.25) is 0 Å². The van der Waals surface area contributed by atoms with Crippen molar-refractivity contribution in [2.24, 2.45) is 0 Å². The third-order valence-electron chi connectivity index (χ3n) is 2.31. The van der Waals surface area contributed by atoms with Gasteiger partial charge < -0.3 is 9.84 Å². The first-order valence-corrected chi connectivity index (χ1v) is 5.93. The Bertz CT molecular complexity index is 673. The van der Waals surface area contributed by atoms with Gasteiger partial charge in [0.05, 0.1) is 5.02 Å². The molecule has 0 aliphatic carbocycles. The second-order valence-electron chi connectivity index (χ2n) is 3.75. The Balaban J connectivity index is 2.29. The number of rotatable bonds is 4. The van der Waals surface area contributed by atoms with Crippen molar-refractivity contribution in [1.29, 1.82) is 0 Å². The molecule has 0 fully saturated rings. The van der Waals surface area contributed by atoms with Gasteiger partial charge in [0.1, 0.15) is 11.6 Å². The molecule has 102 valence electrons. The highest BCUT2D eigenvalue weighted by Gasteiger charge is 2.06. The summed E-state index contributed by atoms with van der Waals surface area (Å²) in [5.74, 6) is -1.12. The maximum atomic E-state index is 13.0. The van der Waals surface area contributed by atoms with E-state index in [4.69, 9.17) is 21.4 Å². The zero-order valence-electron chi connectivity index (χ0n) is 10.1. The van der Waals surface area contributed by atoms with Gasteiger partial charge in [-0.1, -0.05) is 11.6 Å². The van der Waals surface area contributed by atoms with E-state index < -0.39 is 11.8 Å². The summed E-state index contributed by atoms with van der Waals surface area (Å²) in [5.41, 5.74) is 0.482. The van der Waals surface area contributed by atoms with Gasteiger partial charge in [-0.15, -0.1) is 0 Å². The van der Waals surface area contributed by atoms with Gasteiger partial charge in [0, 0.05) is 23.9 Å². The van der Waals surface area contributed by atoms with Crippen molar-refractivity contribution >= 4 is 23.6 Å². The number of carboxylic acids is 1. The molecule has 6 heteroatoms. The molecule has 4 nitrogen and oxygen atoms in total. The van der Waals surface area contributed by atoms with Crippen LogP contribution in [0.1, 0.15) is 5.56 Å². The van der Waals surface area contributed by atoms with E-state index in [9.17, 15) is 9.18 Å². The molecular weight excluding hydrogens is 285 g/mol. The molecule has 0 bridgehead atoms. The predicted octanol–water partition coefficient (Wildman–Crippen LogP) is 3.76. The van der Waals surface area contributed by atoms with Crippen LogP contribution in [0.2, 0.25) is 5.02 Å². The van der Waals surface area contributed by atoms with Gasteiger partial charge in [0.2, 0.25) is 5.88 Å². The lowest BCUT2D eigenvalue weighted by Gasteiger charge is -2.07. The maximum absolute atomic E-state index is 13.0. The lowest BCUT2D eigenvalue weighted by molar-refractivity contribution is -0.131. The molecule has 0 amide bonds. The zero-order chi connectivity index (χ0) is 14.5. The highest BCUT2D eigenvalue weighted by atomic mass is 35.5. The molecule has 0 spiro atoms. The predicted molar refractivity (Wildman–Crippen MR) is 72.4 cm³/mol. The summed E-state index contributed by atoms with van der Waals surface area (Å²) in [4.78, 5) is 14.5. The molecule has 0 radical (unpaired) electrons. The first-order chi connectivity index (χ1) is 9.56. The quantitative estimate of drug-likeness (QED) is 0.872. The molecule has 1 N–H and O–H groups in total. The first kappa shape index (κ1) is 14.0. The van der Waals surface area contributed by atoms with Crippen LogP contribution in [0, 0.1) is 5.82 Å². The van der Waals surface area contributed by atoms with Crippen molar-refractivity contribution in [2.45, 2.75) is 0 Å². The monoisotopic (exact) mass is 293 g/mol. The molecule has 0 saturated carbocycles. The molecule has 0 unspecified atom stereocenters. The highest BCUT2D eigenvalue weighted by molar-refractivity contribution is 6.30. The molecule has 1 aromatic heterocycles. The third-order valence-corrected chi connectivity index (χ3v) is 2.60. The summed E-state index contributed by atoms with van der Waals surface area (Å²) < 4.78 is 18.5. The first-order valence-electron chi connectivity index (χ1n) is 5.55. The topological polar surface area (TPSA) is 59.4 Å². The van der Waals surface area contributed by atoms with Gasteiger partial charge in [0.15, 0.2) is 0 Å². The summed E-state index contributed by atoms with van der Waals surface area (Å²) in [6.45, 7) is 0. The Morgan fingerprint density at radius 1 is 1.40 bits per heavy atom. The van der Waals surface area contributed by atoms with Gasteiger partial charge in [-0.25, -0.2) is 14.2 Å². The summed E-state index contributed by atoms with van der Waals surface area (Å²) in [7, 11) is 0. The van der Waals surface area contributed by atoms with Crippen molar-refractivity contribution in [3.63, 3.8) is 0 Å². The van der Waals surface area contributed by atoms with E-state index in [0.29, 0.717) is 11.3 Å². The van der Waals surface area contributed by atoms with Crippen molar-refractivity contribution in [2.75, 3.05) is 0 Å². The fourth-order valence-corrected chi connectivity index (χ4v) is 1.60. The lowest BCUT2D eigenvalue weighted by atomic mass is 10.2. The third kappa shape index (κ3) is 3.55.